The summed E-state index contributed by atoms with van der Waals surface area (Å²) in [5.41, 5.74) is 0.574. The Morgan fingerprint density at radius 3 is 2.96 bits per heavy atom. The van der Waals surface area contributed by atoms with Gasteiger partial charge < -0.3 is 11.2 Å². The van der Waals surface area contributed by atoms with Crippen LogP contribution in [0.3, 0.4) is 0 Å². The number of nitrogens with one attached hydrogen (secondary N) is 1. The Bertz CT molecular complexity index is 734. The summed E-state index contributed by atoms with van der Waals surface area (Å²) in [6.45, 7) is 5.71. The fraction of sp³-hybridized carbons (Fsp3) is 0.214. The van der Waals surface area contributed by atoms with E-state index in [0.29, 0.717) is 33.1 Å². The molecule has 0 unspecified atom stereocenters. The van der Waals surface area contributed by atoms with Gasteiger partial charge in [0.1, 0.15) is 0 Å². The van der Waals surface area contributed by atoms with Crippen molar-refractivity contribution in [2.45, 2.75) is 17.3 Å². The average molecular weight is 372 g/mol. The van der Waals surface area contributed by atoms with Crippen LogP contribution in [0.1, 0.15) is 6.92 Å². The first-order valence-corrected chi connectivity index (χ1v) is 8.28. The lowest BCUT2D eigenvalue weighted by atomic mass is 10.2. The second kappa shape index (κ2) is 7.72. The molecule has 2 rings (SSSR count). The first kappa shape index (κ1) is 17.7. The van der Waals surface area contributed by atoms with Crippen LogP contribution in [0, 0.1) is 0 Å². The number of nitrogen functional groups attached to an aromatic ring is 1. The lowest BCUT2D eigenvalue weighted by Gasteiger charge is -2.10. The van der Waals surface area contributed by atoms with Crippen LogP contribution in [0.4, 0.5) is 0 Å². The fourth-order valence-corrected chi connectivity index (χ4v) is 2.91. The van der Waals surface area contributed by atoms with Gasteiger partial charge in [0.2, 0.25) is 11.1 Å². The normalized spacial score (nSPS) is 12.0. The highest BCUT2D eigenvalue weighted by atomic mass is 35.5. The van der Waals surface area contributed by atoms with Crippen LogP contribution in [-0.4, -0.2) is 32.6 Å². The second-order valence-electron chi connectivity index (χ2n) is 4.59. The predicted molar refractivity (Wildman–Crippen MR) is 94.2 cm³/mol. The Labute approximate surface area is 148 Å². The van der Waals surface area contributed by atoms with Gasteiger partial charge in [-0.3, -0.25) is 4.79 Å². The van der Waals surface area contributed by atoms with Gasteiger partial charge in [0.25, 0.3) is 0 Å². The molecule has 1 aromatic carbocycles. The zero-order chi connectivity index (χ0) is 17.0. The summed E-state index contributed by atoms with van der Waals surface area (Å²) in [6.07, 6.45) is 1.61. The summed E-state index contributed by atoms with van der Waals surface area (Å²) in [4.78, 5) is 11.9. The van der Waals surface area contributed by atoms with E-state index in [2.05, 4.69) is 22.1 Å². The van der Waals surface area contributed by atoms with E-state index in [0.717, 1.165) is 0 Å². The van der Waals surface area contributed by atoms with Gasteiger partial charge >= 0.3 is 0 Å². The molecule has 0 radical (unpaired) electrons. The molecule has 122 valence electrons. The SMILES string of the molecule is C=CCNC(=O)[C@@H](C)Sc1nnc(-c2cc(Cl)ccc2Cl)n1N. The van der Waals surface area contributed by atoms with Gasteiger partial charge in [-0.25, -0.2) is 4.68 Å². The average Bonchev–Trinajstić information content (AvgIpc) is 2.88. The predicted octanol–water partition coefficient (Wildman–Crippen LogP) is 2.75. The Balaban J connectivity index is 2.21. The molecule has 0 aliphatic carbocycles. The summed E-state index contributed by atoms with van der Waals surface area (Å²) in [5.74, 6) is 6.26. The van der Waals surface area contributed by atoms with Crippen LogP contribution in [0.25, 0.3) is 11.4 Å². The van der Waals surface area contributed by atoms with E-state index in [9.17, 15) is 4.79 Å². The van der Waals surface area contributed by atoms with Gasteiger partial charge in [-0.2, -0.15) is 0 Å². The van der Waals surface area contributed by atoms with Crippen molar-refractivity contribution in [3.05, 3.63) is 40.9 Å². The number of thioether (sulfide) groups is 1. The van der Waals surface area contributed by atoms with Gasteiger partial charge in [-0.15, -0.1) is 16.8 Å². The molecule has 0 aliphatic heterocycles. The highest BCUT2D eigenvalue weighted by Crippen LogP contribution is 2.31. The minimum absolute atomic E-state index is 0.139. The maximum absolute atomic E-state index is 11.9. The van der Waals surface area contributed by atoms with E-state index < -0.39 is 0 Å². The number of amides is 1. The molecule has 0 saturated heterocycles. The highest BCUT2D eigenvalue weighted by Gasteiger charge is 2.20. The third-order valence-electron chi connectivity index (χ3n) is 2.91. The van der Waals surface area contributed by atoms with E-state index in [1.165, 1.54) is 16.4 Å². The van der Waals surface area contributed by atoms with Gasteiger partial charge in [-0.1, -0.05) is 41.0 Å². The Hall–Kier alpha value is -1.70. The molecule has 0 fully saturated rings. The lowest BCUT2D eigenvalue weighted by Crippen LogP contribution is -2.31. The number of halogens is 2. The topological polar surface area (TPSA) is 85.8 Å². The number of hydrogen-bond donors (Lipinski definition) is 2. The number of nitrogens with two attached hydrogens (primary N) is 1. The van der Waals surface area contributed by atoms with E-state index in [4.69, 9.17) is 29.0 Å². The van der Waals surface area contributed by atoms with Gasteiger partial charge in [0, 0.05) is 17.1 Å². The molecule has 6 nitrogen and oxygen atoms in total. The van der Waals surface area contributed by atoms with Crippen LogP contribution < -0.4 is 11.2 Å². The number of hydrogen-bond acceptors (Lipinski definition) is 5. The number of nitrogens with zero attached hydrogens (tertiary/aromatic N) is 3. The molecule has 1 heterocycles. The molecule has 0 bridgehead atoms. The van der Waals surface area contributed by atoms with Crippen molar-refractivity contribution >= 4 is 40.9 Å². The van der Waals surface area contributed by atoms with E-state index in [1.54, 1.807) is 31.2 Å². The number of carbonyl (C=O) groups excluding carboxylic acids is 1. The van der Waals surface area contributed by atoms with Crippen molar-refractivity contribution < 1.29 is 4.79 Å². The van der Waals surface area contributed by atoms with Crippen molar-refractivity contribution in [3.63, 3.8) is 0 Å². The molecule has 0 spiro atoms. The van der Waals surface area contributed by atoms with Crippen LogP contribution in [0.15, 0.2) is 36.0 Å². The molecule has 1 atom stereocenters. The molecule has 1 aromatic heterocycles. The minimum atomic E-state index is -0.385. The lowest BCUT2D eigenvalue weighted by molar-refractivity contribution is -0.120. The van der Waals surface area contributed by atoms with Crippen LogP contribution in [0.5, 0.6) is 0 Å². The monoisotopic (exact) mass is 371 g/mol. The molecule has 0 aliphatic rings. The standard InChI is InChI=1S/C14H15Cl2N5OS/c1-3-6-18-13(22)8(2)23-14-20-19-12(21(14)17)10-7-9(15)4-5-11(10)16/h3-5,7-8H,1,6,17H2,2H3,(H,18,22)/t8-/m1/s1. The highest BCUT2D eigenvalue weighted by molar-refractivity contribution is 8.00. The maximum Gasteiger partial charge on any atom is 0.233 e. The Morgan fingerprint density at radius 1 is 1.52 bits per heavy atom. The van der Waals surface area contributed by atoms with Gasteiger partial charge in [-0.05, 0) is 25.1 Å². The van der Waals surface area contributed by atoms with Crippen molar-refractivity contribution in [1.82, 2.24) is 20.2 Å². The van der Waals surface area contributed by atoms with Crippen LogP contribution in [0.2, 0.25) is 10.0 Å². The van der Waals surface area contributed by atoms with E-state index in [-0.39, 0.29) is 11.2 Å². The third-order valence-corrected chi connectivity index (χ3v) is 4.53. The minimum Gasteiger partial charge on any atom is -0.352 e. The molecular formula is C14H15Cl2N5OS. The van der Waals surface area contributed by atoms with Crippen LogP contribution in [-0.2, 0) is 4.79 Å². The van der Waals surface area contributed by atoms with E-state index >= 15 is 0 Å². The molecule has 23 heavy (non-hydrogen) atoms. The third kappa shape index (κ3) is 4.19. The number of carbonyl (C=O) groups is 1. The summed E-state index contributed by atoms with van der Waals surface area (Å²) >= 11 is 13.3. The molecular weight excluding hydrogens is 357 g/mol. The Morgan fingerprint density at radius 2 is 2.26 bits per heavy atom. The smallest absolute Gasteiger partial charge is 0.233 e. The molecule has 3 N–H and O–H groups in total. The quantitative estimate of drug-likeness (QED) is 0.463. The summed E-state index contributed by atoms with van der Waals surface area (Å²) < 4.78 is 1.29. The Kier molecular flexibility index (Phi) is 5.92. The number of aromatic nitrogens is 3. The van der Waals surface area contributed by atoms with Crippen molar-refractivity contribution in [2.75, 3.05) is 12.4 Å². The number of rotatable bonds is 6. The summed E-state index contributed by atoms with van der Waals surface area (Å²) in [6, 6.07) is 4.99. The molecule has 0 saturated carbocycles. The maximum atomic E-state index is 11.9. The zero-order valence-corrected chi connectivity index (χ0v) is 14.6. The molecule has 9 heteroatoms. The van der Waals surface area contributed by atoms with Gasteiger partial charge in [0.15, 0.2) is 5.82 Å². The van der Waals surface area contributed by atoms with E-state index in [1.807, 2.05) is 0 Å². The molecule has 1 amide bonds. The molecule has 2 aromatic rings. The first-order valence-electron chi connectivity index (χ1n) is 6.65. The van der Waals surface area contributed by atoms with Crippen molar-refractivity contribution in [3.8, 4) is 11.4 Å². The second-order valence-corrected chi connectivity index (χ2v) is 6.75. The van der Waals surface area contributed by atoms with Crippen molar-refractivity contribution in [2.24, 2.45) is 0 Å². The van der Waals surface area contributed by atoms with Crippen LogP contribution >= 0.6 is 35.0 Å². The zero-order valence-electron chi connectivity index (χ0n) is 12.3. The number of benzene rings is 1. The first-order chi connectivity index (χ1) is 10.9. The fourth-order valence-electron chi connectivity index (χ4n) is 1.74. The van der Waals surface area contributed by atoms with Crippen molar-refractivity contribution in [1.29, 1.82) is 0 Å². The summed E-state index contributed by atoms with van der Waals surface area (Å²) in [5, 5.41) is 11.8. The summed E-state index contributed by atoms with van der Waals surface area (Å²) in [7, 11) is 0. The largest absolute Gasteiger partial charge is 0.352 e. The van der Waals surface area contributed by atoms with Gasteiger partial charge in [0.05, 0.1) is 10.3 Å².